The predicted octanol–water partition coefficient (Wildman–Crippen LogP) is 1.89. The van der Waals surface area contributed by atoms with Crippen molar-refractivity contribution in [2.24, 2.45) is 0 Å². The number of hydrogen-bond acceptors (Lipinski definition) is 3. The van der Waals surface area contributed by atoms with Gasteiger partial charge >= 0.3 is 5.95 Å². The van der Waals surface area contributed by atoms with Crippen LogP contribution in [0.4, 0.5) is 0 Å². The Morgan fingerprint density at radius 3 is 3.00 bits per heavy atom. The lowest BCUT2D eigenvalue weighted by Gasteiger charge is -1.93. The molecule has 0 N–H and O–H groups in total. The molecule has 0 aliphatic heterocycles. The van der Waals surface area contributed by atoms with E-state index in [1.165, 1.54) is 0 Å². The fraction of sp³-hybridized carbons (Fsp3) is 0.375. The van der Waals surface area contributed by atoms with Gasteiger partial charge in [0.1, 0.15) is 0 Å². The number of aromatic nitrogens is 1. The third-order valence-electron chi connectivity index (χ3n) is 1.47. The molecule has 0 radical (unpaired) electrons. The predicted molar refractivity (Wildman–Crippen MR) is 48.2 cm³/mol. The van der Waals surface area contributed by atoms with Gasteiger partial charge in [-0.3, -0.25) is 0 Å². The van der Waals surface area contributed by atoms with E-state index in [-0.39, 0.29) is 0 Å². The fourth-order valence-corrected chi connectivity index (χ4v) is 0.990. The first-order chi connectivity index (χ1) is 5.79. The first-order valence-electron chi connectivity index (χ1n) is 3.37. The van der Waals surface area contributed by atoms with Gasteiger partial charge < -0.3 is 9.26 Å². The molecule has 0 unspecified atom stereocenters. The van der Waals surface area contributed by atoms with Gasteiger partial charge in [0.2, 0.25) is 0 Å². The molecule has 0 saturated heterocycles. The van der Waals surface area contributed by atoms with Crippen molar-refractivity contribution >= 4 is 15.9 Å². The molecule has 1 rings (SSSR count). The highest BCUT2D eigenvalue weighted by molar-refractivity contribution is 9.12. The first kappa shape index (κ1) is 9.14. The van der Waals surface area contributed by atoms with Gasteiger partial charge in [0, 0.05) is 22.4 Å². The minimum absolute atomic E-state index is 0.447. The largest absolute Gasteiger partial charge is 0.467 e. The molecule has 0 aliphatic carbocycles. The number of aryl methyl sites for hydroxylation is 1. The summed E-state index contributed by atoms with van der Waals surface area (Å²) >= 11 is 3.01. The Morgan fingerprint density at radius 2 is 2.42 bits per heavy atom. The maximum atomic E-state index is 4.95. The summed E-state index contributed by atoms with van der Waals surface area (Å²) in [6, 6.07) is 0. The van der Waals surface area contributed by atoms with Gasteiger partial charge in [0.25, 0.3) is 0 Å². The Labute approximate surface area is 79.2 Å². The number of nitrogens with zero attached hydrogens (tertiary/aromatic N) is 1. The molecule has 4 heteroatoms. The Morgan fingerprint density at radius 1 is 1.67 bits per heavy atom. The lowest BCUT2D eigenvalue weighted by molar-refractivity contribution is 0.258. The van der Waals surface area contributed by atoms with Crippen LogP contribution in [0.2, 0.25) is 0 Å². The highest BCUT2D eigenvalue weighted by Gasteiger charge is 2.11. The summed E-state index contributed by atoms with van der Waals surface area (Å²) in [7, 11) is 1.55. The zero-order valence-corrected chi connectivity index (χ0v) is 8.43. The van der Waals surface area contributed by atoms with E-state index in [2.05, 4.69) is 31.8 Å². The zero-order chi connectivity index (χ0) is 8.97. The van der Waals surface area contributed by atoms with Crippen molar-refractivity contribution in [3.63, 3.8) is 0 Å². The molecule has 0 fully saturated rings. The van der Waals surface area contributed by atoms with Crippen LogP contribution in [0.1, 0.15) is 11.3 Å². The van der Waals surface area contributed by atoms with Gasteiger partial charge in [-0.05, 0) is 11.8 Å². The molecule has 64 valence electrons. The quantitative estimate of drug-likeness (QED) is 0.727. The Hall–Kier alpha value is -0.950. The maximum absolute atomic E-state index is 4.95. The van der Waals surface area contributed by atoms with E-state index in [1.807, 2.05) is 6.92 Å². The maximum Gasteiger partial charge on any atom is 0.315 e. The van der Waals surface area contributed by atoms with Crippen LogP contribution in [0.5, 0.6) is 5.95 Å². The van der Waals surface area contributed by atoms with Gasteiger partial charge in [-0.2, -0.15) is 0 Å². The van der Waals surface area contributed by atoms with Crippen LogP contribution in [0, 0.1) is 17.7 Å². The second kappa shape index (κ2) is 4.17. The van der Waals surface area contributed by atoms with Crippen LogP contribution < -0.4 is 4.74 Å². The number of ether oxygens (including phenoxy) is 1. The molecular weight excluding hydrogens is 222 g/mol. The van der Waals surface area contributed by atoms with Crippen LogP contribution in [0.15, 0.2) is 4.52 Å². The monoisotopic (exact) mass is 229 g/mol. The van der Waals surface area contributed by atoms with Crippen molar-refractivity contribution in [3.8, 4) is 16.7 Å². The summed E-state index contributed by atoms with van der Waals surface area (Å²) in [6.45, 7) is 1.86. The molecule has 0 saturated carbocycles. The third-order valence-corrected chi connectivity index (χ3v) is 1.75. The van der Waals surface area contributed by atoms with Crippen molar-refractivity contribution in [1.29, 1.82) is 0 Å². The molecule has 3 nitrogen and oxygen atoms in total. The molecule has 0 atom stereocenters. The summed E-state index contributed by atoms with van der Waals surface area (Å²) in [4.78, 5) is 2.62. The van der Waals surface area contributed by atoms with E-state index in [4.69, 9.17) is 9.26 Å². The van der Waals surface area contributed by atoms with Crippen LogP contribution in [-0.2, 0) is 6.42 Å². The zero-order valence-electron chi connectivity index (χ0n) is 6.85. The summed E-state index contributed by atoms with van der Waals surface area (Å²) in [5.74, 6) is 3.30. The molecule has 0 amide bonds. The topological polar surface area (TPSA) is 35.3 Å². The van der Waals surface area contributed by atoms with Gasteiger partial charge in [-0.1, -0.05) is 11.1 Å². The van der Waals surface area contributed by atoms with E-state index < -0.39 is 0 Å². The summed E-state index contributed by atoms with van der Waals surface area (Å²) < 4.78 is 9.84. The Kier molecular flexibility index (Phi) is 3.18. The van der Waals surface area contributed by atoms with Gasteiger partial charge in [-0.15, -0.1) is 0 Å². The first-order valence-corrected chi connectivity index (χ1v) is 4.16. The highest BCUT2D eigenvalue weighted by Crippen LogP contribution is 2.21. The van der Waals surface area contributed by atoms with Crippen molar-refractivity contribution in [3.05, 3.63) is 11.3 Å². The van der Waals surface area contributed by atoms with Crippen LogP contribution in [0.3, 0.4) is 0 Å². The molecule has 0 aromatic carbocycles. The van der Waals surface area contributed by atoms with Crippen molar-refractivity contribution < 1.29 is 9.26 Å². The number of halogens is 1. The lowest BCUT2D eigenvalue weighted by atomic mass is 10.2. The SMILES string of the molecule is COc1onc(C)c1CC#CBr. The summed E-state index contributed by atoms with van der Waals surface area (Å²) in [6.07, 6.45) is 0.587. The van der Waals surface area contributed by atoms with E-state index in [0.29, 0.717) is 12.4 Å². The smallest absolute Gasteiger partial charge is 0.315 e. The lowest BCUT2D eigenvalue weighted by Crippen LogP contribution is -1.88. The highest BCUT2D eigenvalue weighted by atomic mass is 79.9. The second-order valence-electron chi connectivity index (χ2n) is 2.19. The fourth-order valence-electron chi connectivity index (χ4n) is 0.850. The van der Waals surface area contributed by atoms with E-state index >= 15 is 0 Å². The minimum Gasteiger partial charge on any atom is -0.467 e. The number of methoxy groups -OCH3 is 1. The van der Waals surface area contributed by atoms with Gasteiger partial charge in [0.05, 0.1) is 18.4 Å². The van der Waals surface area contributed by atoms with Gasteiger partial charge in [-0.25, -0.2) is 0 Å². The van der Waals surface area contributed by atoms with Crippen molar-refractivity contribution in [1.82, 2.24) is 5.16 Å². The summed E-state index contributed by atoms with van der Waals surface area (Å²) in [5, 5.41) is 3.76. The summed E-state index contributed by atoms with van der Waals surface area (Å²) in [5.41, 5.74) is 1.73. The molecule has 0 spiro atoms. The van der Waals surface area contributed by atoms with E-state index in [1.54, 1.807) is 7.11 Å². The molecular formula is C8H8BrNO2. The van der Waals surface area contributed by atoms with Crippen LogP contribution in [-0.4, -0.2) is 12.3 Å². The normalized spacial score (nSPS) is 8.92. The van der Waals surface area contributed by atoms with E-state index in [0.717, 1.165) is 11.3 Å². The number of rotatable bonds is 2. The molecule has 0 aliphatic rings. The molecule has 0 bridgehead atoms. The standard InChI is InChI=1S/C8H8BrNO2/c1-6-7(4-3-5-9)8(11-2)12-10-6/h4H2,1-2H3. The molecule has 1 aromatic heterocycles. The van der Waals surface area contributed by atoms with Crippen LogP contribution in [0.25, 0.3) is 0 Å². The number of hydrogen-bond donors (Lipinski definition) is 0. The molecule has 12 heavy (non-hydrogen) atoms. The Balaban J connectivity index is 2.91. The van der Waals surface area contributed by atoms with Crippen LogP contribution >= 0.6 is 15.9 Å². The average molecular weight is 230 g/mol. The van der Waals surface area contributed by atoms with Crippen molar-refractivity contribution in [2.75, 3.05) is 7.11 Å². The van der Waals surface area contributed by atoms with E-state index in [9.17, 15) is 0 Å². The average Bonchev–Trinajstić information content (AvgIpc) is 2.43. The second-order valence-corrected chi connectivity index (χ2v) is 2.58. The molecule has 1 heterocycles. The third kappa shape index (κ3) is 1.80. The van der Waals surface area contributed by atoms with Gasteiger partial charge in [0.15, 0.2) is 0 Å². The van der Waals surface area contributed by atoms with Crippen molar-refractivity contribution in [2.45, 2.75) is 13.3 Å². The minimum atomic E-state index is 0.447. The molecule has 1 aromatic rings. The Bertz CT molecular complexity index is 322.